The summed E-state index contributed by atoms with van der Waals surface area (Å²) in [5.41, 5.74) is 4.36. The van der Waals surface area contributed by atoms with E-state index in [0.717, 1.165) is 0 Å². The molecule has 5 nitrogen and oxygen atoms in total. The van der Waals surface area contributed by atoms with E-state index in [1.165, 1.54) is 16.8 Å². The van der Waals surface area contributed by atoms with Gasteiger partial charge in [-0.3, -0.25) is 14.7 Å². The summed E-state index contributed by atoms with van der Waals surface area (Å²) in [6.45, 7) is 3.85. The van der Waals surface area contributed by atoms with Crippen molar-refractivity contribution in [2.24, 2.45) is 5.73 Å². The molecule has 1 heterocycles. The van der Waals surface area contributed by atoms with Crippen LogP contribution >= 0.6 is 0 Å². The van der Waals surface area contributed by atoms with Crippen LogP contribution in [0.1, 0.15) is 13.8 Å². The highest BCUT2D eigenvalue weighted by Gasteiger charge is 2.19. The van der Waals surface area contributed by atoms with Crippen LogP contribution in [0.5, 0.6) is 0 Å². The van der Waals surface area contributed by atoms with Crippen LogP contribution in [-0.2, 0) is 5.54 Å². The first kappa shape index (κ1) is 9.73. The number of nitrogens with two attached hydrogens (primary N) is 1. The molecule has 0 radical (unpaired) electrons. The third-order valence-electron chi connectivity index (χ3n) is 1.92. The molecular weight excluding hydrogens is 170 g/mol. The number of H-pyrrole nitrogens is 1. The van der Waals surface area contributed by atoms with E-state index < -0.39 is 5.54 Å². The summed E-state index contributed by atoms with van der Waals surface area (Å²) < 4.78 is 1.25. The molecule has 0 fully saturated rings. The minimum absolute atomic E-state index is 0.255. The normalized spacial score (nSPS) is 11.6. The van der Waals surface area contributed by atoms with Crippen molar-refractivity contribution in [2.75, 3.05) is 6.54 Å². The Balaban J connectivity index is 3.37. The van der Waals surface area contributed by atoms with Gasteiger partial charge in [-0.1, -0.05) is 0 Å². The number of aromatic amines is 1. The van der Waals surface area contributed by atoms with E-state index >= 15 is 0 Å². The third-order valence-corrected chi connectivity index (χ3v) is 1.92. The maximum atomic E-state index is 11.3. The molecule has 0 amide bonds. The number of rotatable bonds is 2. The van der Waals surface area contributed by atoms with Crippen LogP contribution in [0.3, 0.4) is 0 Å². The zero-order valence-corrected chi connectivity index (χ0v) is 7.70. The number of hydrogen-bond donors (Lipinski definition) is 2. The summed E-state index contributed by atoms with van der Waals surface area (Å²) in [4.78, 5) is 22.3. The Bertz CT molecular complexity index is 402. The molecule has 0 saturated carbocycles. The van der Waals surface area contributed by atoms with E-state index in [0.29, 0.717) is 0 Å². The molecule has 1 aromatic rings. The Kier molecular flexibility index (Phi) is 2.38. The summed E-state index contributed by atoms with van der Waals surface area (Å²) in [7, 11) is 0. The van der Waals surface area contributed by atoms with Gasteiger partial charge in [0.1, 0.15) is 0 Å². The monoisotopic (exact) mass is 183 g/mol. The summed E-state index contributed by atoms with van der Waals surface area (Å²) in [6, 6.07) is 2.43. The van der Waals surface area contributed by atoms with E-state index in [2.05, 4.69) is 5.10 Å². The first-order valence-corrected chi connectivity index (χ1v) is 4.00. The van der Waals surface area contributed by atoms with E-state index in [9.17, 15) is 9.59 Å². The van der Waals surface area contributed by atoms with Gasteiger partial charge in [0.15, 0.2) is 0 Å². The molecular formula is C8H13N3O2. The average molecular weight is 183 g/mol. The quantitative estimate of drug-likeness (QED) is 0.631. The predicted molar refractivity (Wildman–Crippen MR) is 49.7 cm³/mol. The topological polar surface area (TPSA) is 80.9 Å². The smallest absolute Gasteiger partial charge is 0.265 e. The SMILES string of the molecule is CC(C)(CN)n1[nH]c(=O)ccc1=O. The molecule has 0 aromatic carbocycles. The summed E-state index contributed by atoms with van der Waals surface area (Å²) in [5.74, 6) is 0. The number of aromatic nitrogens is 2. The first-order valence-electron chi connectivity index (χ1n) is 4.00. The number of nitrogens with one attached hydrogen (secondary N) is 1. The van der Waals surface area contributed by atoms with Crippen LogP contribution in [0, 0.1) is 0 Å². The summed E-state index contributed by atoms with van der Waals surface area (Å²) >= 11 is 0. The van der Waals surface area contributed by atoms with Crippen molar-refractivity contribution in [3.63, 3.8) is 0 Å². The molecule has 0 unspecified atom stereocenters. The standard InChI is InChI=1S/C8H13N3O2/c1-8(2,5-9)11-7(13)4-3-6(12)10-11/h3-4H,5,9H2,1-2H3,(H,10,12). The minimum Gasteiger partial charge on any atom is -0.328 e. The fraction of sp³-hybridized carbons (Fsp3) is 0.500. The summed E-state index contributed by atoms with van der Waals surface area (Å²) in [6.07, 6.45) is 0. The molecule has 1 rings (SSSR count). The average Bonchev–Trinajstić information content (AvgIpc) is 2.09. The van der Waals surface area contributed by atoms with Crippen molar-refractivity contribution in [1.29, 1.82) is 0 Å². The van der Waals surface area contributed by atoms with Crippen LogP contribution in [0.25, 0.3) is 0 Å². The van der Waals surface area contributed by atoms with Crippen LogP contribution in [-0.4, -0.2) is 16.3 Å². The Hall–Kier alpha value is -1.36. The fourth-order valence-corrected chi connectivity index (χ4v) is 0.965. The lowest BCUT2D eigenvalue weighted by Crippen LogP contribution is -2.45. The second-order valence-corrected chi connectivity index (χ2v) is 3.50. The highest BCUT2D eigenvalue weighted by Crippen LogP contribution is 2.06. The number of hydrogen-bond acceptors (Lipinski definition) is 3. The molecule has 5 heteroatoms. The number of nitrogens with zero attached hydrogens (tertiary/aromatic N) is 1. The molecule has 0 atom stereocenters. The summed E-state index contributed by atoms with van der Waals surface area (Å²) in [5, 5.41) is 2.44. The first-order chi connectivity index (χ1) is 5.97. The van der Waals surface area contributed by atoms with Gasteiger partial charge >= 0.3 is 0 Å². The van der Waals surface area contributed by atoms with E-state index in [1.54, 1.807) is 13.8 Å². The Morgan fingerprint density at radius 1 is 1.46 bits per heavy atom. The molecule has 3 N–H and O–H groups in total. The van der Waals surface area contributed by atoms with E-state index in [1.807, 2.05) is 0 Å². The highest BCUT2D eigenvalue weighted by atomic mass is 16.2. The van der Waals surface area contributed by atoms with E-state index in [4.69, 9.17) is 5.73 Å². The third kappa shape index (κ3) is 1.86. The lowest BCUT2D eigenvalue weighted by atomic mass is 10.1. The van der Waals surface area contributed by atoms with Gasteiger partial charge in [0, 0.05) is 18.7 Å². The molecule has 0 spiro atoms. The van der Waals surface area contributed by atoms with Crippen molar-refractivity contribution in [1.82, 2.24) is 9.78 Å². The molecule has 0 bridgehead atoms. The lowest BCUT2D eigenvalue weighted by Gasteiger charge is -2.24. The van der Waals surface area contributed by atoms with Crippen molar-refractivity contribution < 1.29 is 0 Å². The fourth-order valence-electron chi connectivity index (χ4n) is 0.965. The Morgan fingerprint density at radius 3 is 2.62 bits per heavy atom. The zero-order valence-electron chi connectivity index (χ0n) is 7.70. The van der Waals surface area contributed by atoms with E-state index in [-0.39, 0.29) is 17.7 Å². The zero-order chi connectivity index (χ0) is 10.1. The van der Waals surface area contributed by atoms with Gasteiger partial charge in [0.05, 0.1) is 5.54 Å². The molecule has 0 aliphatic rings. The van der Waals surface area contributed by atoms with Crippen molar-refractivity contribution >= 4 is 0 Å². The molecule has 72 valence electrons. The highest BCUT2D eigenvalue weighted by molar-refractivity contribution is 4.90. The maximum absolute atomic E-state index is 11.3. The van der Waals surface area contributed by atoms with Gasteiger partial charge in [-0.15, -0.1) is 0 Å². The molecule has 0 aliphatic carbocycles. The van der Waals surface area contributed by atoms with Crippen LogP contribution in [0.2, 0.25) is 0 Å². The Morgan fingerprint density at radius 2 is 2.08 bits per heavy atom. The van der Waals surface area contributed by atoms with Gasteiger partial charge in [-0.25, -0.2) is 4.68 Å². The van der Waals surface area contributed by atoms with Crippen LogP contribution in [0.4, 0.5) is 0 Å². The van der Waals surface area contributed by atoms with Crippen LogP contribution < -0.4 is 16.9 Å². The minimum atomic E-state index is -0.558. The van der Waals surface area contributed by atoms with Crippen molar-refractivity contribution in [3.05, 3.63) is 32.8 Å². The van der Waals surface area contributed by atoms with Crippen LogP contribution in [0.15, 0.2) is 21.7 Å². The van der Waals surface area contributed by atoms with Crippen molar-refractivity contribution in [3.8, 4) is 0 Å². The maximum Gasteiger partial charge on any atom is 0.265 e. The van der Waals surface area contributed by atoms with Gasteiger partial charge in [0.2, 0.25) is 0 Å². The molecule has 0 saturated heterocycles. The van der Waals surface area contributed by atoms with Gasteiger partial charge < -0.3 is 5.73 Å². The lowest BCUT2D eigenvalue weighted by molar-refractivity contribution is 0.311. The molecule has 13 heavy (non-hydrogen) atoms. The Labute approximate surface area is 75.2 Å². The second kappa shape index (κ2) is 3.18. The van der Waals surface area contributed by atoms with Gasteiger partial charge in [-0.2, -0.15) is 0 Å². The van der Waals surface area contributed by atoms with Crippen molar-refractivity contribution in [2.45, 2.75) is 19.4 Å². The van der Waals surface area contributed by atoms with Gasteiger partial charge in [0.25, 0.3) is 11.1 Å². The predicted octanol–water partition coefficient (Wildman–Crippen LogP) is -0.770. The van der Waals surface area contributed by atoms with Gasteiger partial charge in [-0.05, 0) is 13.8 Å². The largest absolute Gasteiger partial charge is 0.328 e. The molecule has 1 aromatic heterocycles. The second-order valence-electron chi connectivity index (χ2n) is 3.50. The molecule has 0 aliphatic heterocycles.